The number of rotatable bonds is 11. The van der Waals surface area contributed by atoms with Crippen LogP contribution in [0, 0.1) is 50.2 Å². The standard InChI is InChI=1S/C53H82O19/c1-13-24(3)43(63)71-41-42(72-44(64)25(4)14-2)53(23-55)27(21-48(41,5)6)26-15-16-30-50(9)19-18-31(49(7,8)29(50)17-20-51(30,10)52(26,11)39(61)40(53)62)68-47-38(35(59)34(58)37(69-47)45(65)66-12)70-46-36(60)33(57)32(56)28(22-54)67-46/h13-15,27-42,46-47,54-62H,16-23H2,1-12H3. The predicted molar refractivity (Wildman–Crippen MR) is 254 cm³/mol. The third-order valence-electron chi connectivity index (χ3n) is 19.8. The van der Waals surface area contributed by atoms with E-state index in [-0.39, 0.29) is 17.4 Å². The van der Waals surface area contributed by atoms with Crippen molar-refractivity contribution in [1.29, 1.82) is 0 Å². The van der Waals surface area contributed by atoms with Crippen molar-refractivity contribution in [3.05, 3.63) is 34.9 Å². The Kier molecular flexibility index (Phi) is 16.0. The Bertz CT molecular complexity index is 2140. The van der Waals surface area contributed by atoms with Crippen molar-refractivity contribution in [2.75, 3.05) is 20.3 Å². The van der Waals surface area contributed by atoms with Gasteiger partial charge >= 0.3 is 17.9 Å². The van der Waals surface area contributed by atoms with Crippen molar-refractivity contribution < 1.29 is 93.5 Å². The lowest BCUT2D eigenvalue weighted by Gasteiger charge is -2.73. The molecule has 19 heteroatoms. The molecule has 7 aliphatic rings. The molecule has 0 spiro atoms. The number of aliphatic hydroxyl groups excluding tert-OH is 9. The number of methoxy groups -OCH3 is 1. The highest BCUT2D eigenvalue weighted by Crippen LogP contribution is 2.76. The highest BCUT2D eigenvalue weighted by Gasteiger charge is 2.76. The minimum Gasteiger partial charge on any atom is -0.467 e. The van der Waals surface area contributed by atoms with E-state index >= 15 is 0 Å². The van der Waals surface area contributed by atoms with E-state index in [9.17, 15) is 60.3 Å². The van der Waals surface area contributed by atoms with Gasteiger partial charge in [0.25, 0.3) is 0 Å². The number of ether oxygens (including phenoxy) is 7. The molecule has 4 saturated carbocycles. The molecule has 0 aromatic rings. The van der Waals surface area contributed by atoms with Gasteiger partial charge in [0.15, 0.2) is 24.8 Å². The maximum atomic E-state index is 13.8. The van der Waals surface area contributed by atoms with Gasteiger partial charge in [-0.3, -0.25) is 0 Å². The van der Waals surface area contributed by atoms with Crippen LogP contribution in [0.15, 0.2) is 34.9 Å². The van der Waals surface area contributed by atoms with E-state index in [0.29, 0.717) is 44.1 Å². The molecule has 9 N–H and O–H groups in total. The summed E-state index contributed by atoms with van der Waals surface area (Å²) in [6.45, 7) is 19.6. The summed E-state index contributed by atoms with van der Waals surface area (Å²) in [5.74, 6) is -3.07. The van der Waals surface area contributed by atoms with Gasteiger partial charge in [-0.25, -0.2) is 14.4 Å². The number of allylic oxidation sites excluding steroid dienone is 3. The van der Waals surface area contributed by atoms with Gasteiger partial charge in [-0.2, -0.15) is 0 Å². The third-order valence-corrected chi connectivity index (χ3v) is 19.8. The van der Waals surface area contributed by atoms with E-state index in [1.54, 1.807) is 39.8 Å². The Labute approximate surface area is 422 Å². The molecule has 7 rings (SSSR count). The molecule has 2 heterocycles. The maximum Gasteiger partial charge on any atom is 0.337 e. The number of hydrogen-bond donors (Lipinski definition) is 9. The second-order valence-corrected chi connectivity index (χ2v) is 23.9. The average molecular weight is 1020 g/mol. The van der Waals surface area contributed by atoms with Crippen molar-refractivity contribution in [3.63, 3.8) is 0 Å². The molecule has 72 heavy (non-hydrogen) atoms. The lowest BCUT2D eigenvalue weighted by molar-refractivity contribution is -0.375. The van der Waals surface area contributed by atoms with E-state index in [4.69, 9.17) is 33.2 Å². The lowest BCUT2D eigenvalue weighted by Crippen LogP contribution is -2.76. The molecule has 5 aliphatic carbocycles. The van der Waals surface area contributed by atoms with E-state index < -0.39 is 161 Å². The highest BCUT2D eigenvalue weighted by atomic mass is 16.8. The first-order chi connectivity index (χ1) is 33.5. The fourth-order valence-electron chi connectivity index (χ4n) is 15.1. The van der Waals surface area contributed by atoms with Crippen LogP contribution in [0.25, 0.3) is 0 Å². The summed E-state index contributed by atoms with van der Waals surface area (Å²) >= 11 is 0. The second kappa shape index (κ2) is 20.2. The zero-order valence-corrected chi connectivity index (χ0v) is 43.9. The van der Waals surface area contributed by atoms with E-state index in [1.807, 2.05) is 20.8 Å². The fourth-order valence-corrected chi connectivity index (χ4v) is 15.1. The Morgan fingerprint density at radius 2 is 1.33 bits per heavy atom. The zero-order chi connectivity index (χ0) is 53.6. The van der Waals surface area contributed by atoms with E-state index in [0.717, 1.165) is 12.7 Å². The molecule has 0 aromatic heterocycles. The molecule has 2 aliphatic heterocycles. The van der Waals surface area contributed by atoms with Crippen molar-refractivity contribution in [2.45, 2.75) is 207 Å². The van der Waals surface area contributed by atoms with E-state index in [2.05, 4.69) is 33.8 Å². The molecule has 22 atom stereocenters. The monoisotopic (exact) mass is 1020 g/mol. The van der Waals surface area contributed by atoms with Crippen molar-refractivity contribution in [3.8, 4) is 0 Å². The number of hydrogen-bond acceptors (Lipinski definition) is 19. The van der Waals surface area contributed by atoms with Gasteiger partial charge < -0.3 is 79.1 Å². The first-order valence-electron chi connectivity index (χ1n) is 25.6. The molecule has 22 unspecified atom stereocenters. The van der Waals surface area contributed by atoms with Crippen LogP contribution < -0.4 is 0 Å². The van der Waals surface area contributed by atoms with Crippen LogP contribution in [0.3, 0.4) is 0 Å². The molecule has 19 nitrogen and oxygen atoms in total. The predicted octanol–water partition coefficient (Wildman–Crippen LogP) is 1.89. The summed E-state index contributed by atoms with van der Waals surface area (Å²) in [6.07, 6.45) is -14.9. The Morgan fingerprint density at radius 1 is 0.722 bits per heavy atom. The van der Waals surface area contributed by atoms with Gasteiger partial charge in [0, 0.05) is 22.0 Å². The largest absolute Gasteiger partial charge is 0.467 e. The molecule has 0 bridgehead atoms. The van der Waals surface area contributed by atoms with Gasteiger partial charge in [0.05, 0.1) is 44.1 Å². The SMILES string of the molecule is CC=C(C)C(=O)OC1C(OC(=O)C(C)=CC)C2(CO)C(CC1(C)C)C1=CCC3C4(C)CCC(OC5OC(C(=O)OC)C(O)C(O)C5OC5OC(CO)C(O)C(O)C5O)C(C)(C)C4CCC3(C)C1(C)C(O)C2O. The third kappa shape index (κ3) is 8.56. The topological polar surface area (TPSA) is 298 Å². The summed E-state index contributed by atoms with van der Waals surface area (Å²) in [7, 11) is 1.09. The van der Waals surface area contributed by atoms with Gasteiger partial charge in [0.2, 0.25) is 0 Å². The first-order valence-corrected chi connectivity index (χ1v) is 25.6. The summed E-state index contributed by atoms with van der Waals surface area (Å²) < 4.78 is 41.9. The van der Waals surface area contributed by atoms with Crippen LogP contribution in [0.4, 0.5) is 0 Å². The lowest BCUT2D eigenvalue weighted by atomic mass is 9.32. The Balaban J connectivity index is 1.23. The minimum absolute atomic E-state index is 0.0498. The van der Waals surface area contributed by atoms with Crippen molar-refractivity contribution >= 4 is 17.9 Å². The average Bonchev–Trinajstić information content (AvgIpc) is 3.34. The van der Waals surface area contributed by atoms with Crippen LogP contribution in [0.1, 0.15) is 115 Å². The molecule has 408 valence electrons. The van der Waals surface area contributed by atoms with Crippen molar-refractivity contribution in [1.82, 2.24) is 0 Å². The summed E-state index contributed by atoms with van der Waals surface area (Å²) in [5.41, 5.74) is -3.86. The molecule has 0 aromatic carbocycles. The van der Waals surface area contributed by atoms with Gasteiger partial charge in [-0.05, 0) is 100 Å². The van der Waals surface area contributed by atoms with Gasteiger partial charge in [-0.1, -0.05) is 72.3 Å². The maximum absolute atomic E-state index is 13.8. The molecule has 0 amide bonds. The molecule has 2 saturated heterocycles. The van der Waals surface area contributed by atoms with Crippen LogP contribution in [-0.4, -0.2) is 176 Å². The van der Waals surface area contributed by atoms with Crippen molar-refractivity contribution in [2.24, 2.45) is 50.2 Å². The van der Waals surface area contributed by atoms with Crippen LogP contribution >= 0.6 is 0 Å². The van der Waals surface area contributed by atoms with Crippen LogP contribution in [0.5, 0.6) is 0 Å². The number of esters is 3. The molecule has 0 radical (unpaired) electrons. The van der Waals surface area contributed by atoms with Crippen LogP contribution in [0.2, 0.25) is 0 Å². The summed E-state index contributed by atoms with van der Waals surface area (Å²) in [4.78, 5) is 40.2. The summed E-state index contributed by atoms with van der Waals surface area (Å²) in [6, 6.07) is 0. The Hall–Kier alpha value is -2.89. The molecular weight excluding hydrogens is 941 g/mol. The van der Waals surface area contributed by atoms with Gasteiger partial charge in [-0.15, -0.1) is 0 Å². The highest BCUT2D eigenvalue weighted by molar-refractivity contribution is 5.89. The quantitative estimate of drug-likeness (QED) is 0.0469. The van der Waals surface area contributed by atoms with E-state index in [1.165, 1.54) is 0 Å². The first kappa shape index (κ1) is 56.8. The Morgan fingerprint density at radius 3 is 1.90 bits per heavy atom. The number of fused-ring (bicyclic) bond motifs is 7. The zero-order valence-electron chi connectivity index (χ0n) is 43.9. The number of carbonyl (C=O) groups excluding carboxylic acids is 3. The second-order valence-electron chi connectivity index (χ2n) is 23.9. The smallest absolute Gasteiger partial charge is 0.337 e. The summed E-state index contributed by atoms with van der Waals surface area (Å²) in [5, 5.41) is 102. The number of carbonyl (C=O) groups is 3. The molecule has 6 fully saturated rings. The number of aliphatic hydroxyl groups is 9. The fraction of sp³-hybridized carbons (Fsp3) is 0.830. The molecular formula is C53H82O19. The van der Waals surface area contributed by atoms with Crippen LogP contribution in [-0.2, 0) is 47.5 Å². The normalized spacial score (nSPS) is 47.9. The van der Waals surface area contributed by atoms with Gasteiger partial charge in [0.1, 0.15) is 48.8 Å². The minimum atomic E-state index is -1.89.